The van der Waals surface area contributed by atoms with Gasteiger partial charge in [-0.3, -0.25) is 4.98 Å². The third-order valence-electron chi connectivity index (χ3n) is 3.24. The summed E-state index contributed by atoms with van der Waals surface area (Å²) in [5, 5.41) is 1.08. The smallest absolute Gasteiger partial charge is 0.203 e. The van der Waals surface area contributed by atoms with Crippen LogP contribution in [0.25, 0.3) is 10.9 Å². The van der Waals surface area contributed by atoms with Crippen molar-refractivity contribution >= 4 is 22.5 Å². The van der Waals surface area contributed by atoms with Crippen molar-refractivity contribution in [3.05, 3.63) is 70.4 Å². The lowest BCUT2D eigenvalue weighted by Gasteiger charge is -2.11. The van der Waals surface area contributed by atoms with Crippen molar-refractivity contribution in [2.75, 3.05) is 0 Å². The summed E-state index contributed by atoms with van der Waals surface area (Å²) in [7, 11) is 0. The molecule has 0 spiro atoms. The summed E-state index contributed by atoms with van der Waals surface area (Å²) in [6.07, 6.45) is 1.52. The standard InChI is InChI=1S/C16H8ClF4NO/c17-10-4-3-8(15-9(10)2-1-5-22-15)7-23-16-13(20)11(18)6-12(19)14(16)21/h1-6H,7H2. The van der Waals surface area contributed by atoms with Crippen LogP contribution in [0.5, 0.6) is 5.75 Å². The summed E-state index contributed by atoms with van der Waals surface area (Å²) in [5.41, 5.74) is 0.936. The van der Waals surface area contributed by atoms with Crippen LogP contribution in [0.1, 0.15) is 5.56 Å². The van der Waals surface area contributed by atoms with E-state index in [2.05, 4.69) is 4.98 Å². The summed E-state index contributed by atoms with van der Waals surface area (Å²) < 4.78 is 58.4. The Hall–Kier alpha value is -2.34. The van der Waals surface area contributed by atoms with E-state index in [1.54, 1.807) is 24.3 Å². The molecular formula is C16H8ClF4NO. The molecule has 0 saturated carbocycles. The summed E-state index contributed by atoms with van der Waals surface area (Å²) in [5.74, 6) is -7.34. The Morgan fingerprint density at radius 2 is 1.70 bits per heavy atom. The predicted octanol–water partition coefficient (Wildman–Crippen LogP) is 5.02. The number of nitrogens with zero attached hydrogens (tertiary/aromatic N) is 1. The Balaban J connectivity index is 1.98. The minimum Gasteiger partial charge on any atom is -0.483 e. The van der Waals surface area contributed by atoms with Crippen LogP contribution in [0.2, 0.25) is 5.02 Å². The molecule has 0 bridgehead atoms. The quantitative estimate of drug-likeness (QED) is 0.493. The van der Waals surface area contributed by atoms with Gasteiger partial charge in [0.1, 0.15) is 6.61 Å². The fourth-order valence-corrected chi connectivity index (χ4v) is 2.36. The van der Waals surface area contributed by atoms with E-state index in [9.17, 15) is 17.6 Å². The second-order valence-corrected chi connectivity index (χ2v) is 5.10. The highest BCUT2D eigenvalue weighted by Crippen LogP contribution is 2.29. The van der Waals surface area contributed by atoms with Crippen LogP contribution in [-0.2, 0) is 6.61 Å². The molecule has 0 aliphatic carbocycles. The van der Waals surface area contributed by atoms with Crippen LogP contribution in [0.4, 0.5) is 17.6 Å². The van der Waals surface area contributed by atoms with Crippen molar-refractivity contribution in [2.24, 2.45) is 0 Å². The molecule has 1 aromatic heterocycles. The SMILES string of the molecule is Fc1cc(F)c(F)c(OCc2ccc(Cl)c3cccnc23)c1F. The topological polar surface area (TPSA) is 22.1 Å². The Morgan fingerprint density at radius 1 is 1.00 bits per heavy atom. The maximum absolute atomic E-state index is 13.6. The molecule has 1 heterocycles. The second kappa shape index (κ2) is 6.04. The Labute approximate surface area is 133 Å². The third-order valence-corrected chi connectivity index (χ3v) is 3.57. The zero-order valence-corrected chi connectivity index (χ0v) is 12.2. The third kappa shape index (κ3) is 2.82. The minimum absolute atomic E-state index is 0.122. The first-order valence-corrected chi connectivity index (χ1v) is 6.84. The van der Waals surface area contributed by atoms with E-state index in [1.165, 1.54) is 6.20 Å². The molecule has 23 heavy (non-hydrogen) atoms. The van der Waals surface area contributed by atoms with Gasteiger partial charge in [0.2, 0.25) is 11.6 Å². The van der Waals surface area contributed by atoms with Crippen molar-refractivity contribution in [3.63, 3.8) is 0 Å². The Morgan fingerprint density at radius 3 is 2.39 bits per heavy atom. The van der Waals surface area contributed by atoms with Gasteiger partial charge in [-0.25, -0.2) is 8.78 Å². The first-order chi connectivity index (χ1) is 11.0. The number of ether oxygens (including phenoxy) is 1. The highest BCUT2D eigenvalue weighted by atomic mass is 35.5. The normalized spacial score (nSPS) is 11.0. The second-order valence-electron chi connectivity index (χ2n) is 4.69. The number of rotatable bonds is 3. The van der Waals surface area contributed by atoms with Gasteiger partial charge in [0, 0.05) is 28.2 Å². The van der Waals surface area contributed by atoms with Gasteiger partial charge in [-0.2, -0.15) is 8.78 Å². The molecule has 2 nitrogen and oxygen atoms in total. The maximum atomic E-state index is 13.6. The largest absolute Gasteiger partial charge is 0.483 e. The van der Waals surface area contributed by atoms with Gasteiger partial charge in [0.15, 0.2) is 17.4 Å². The zero-order chi connectivity index (χ0) is 16.6. The van der Waals surface area contributed by atoms with Crippen LogP contribution < -0.4 is 4.74 Å². The first kappa shape index (κ1) is 15.6. The number of hydrogen-bond donors (Lipinski definition) is 0. The van der Waals surface area contributed by atoms with E-state index in [0.29, 0.717) is 21.5 Å². The van der Waals surface area contributed by atoms with Crippen LogP contribution in [0, 0.1) is 23.3 Å². The van der Waals surface area contributed by atoms with Gasteiger partial charge in [-0.15, -0.1) is 0 Å². The van der Waals surface area contributed by atoms with E-state index in [1.807, 2.05) is 0 Å². The van der Waals surface area contributed by atoms with Crippen LogP contribution in [-0.4, -0.2) is 4.98 Å². The lowest BCUT2D eigenvalue weighted by atomic mass is 10.1. The molecule has 118 valence electrons. The lowest BCUT2D eigenvalue weighted by Crippen LogP contribution is -2.04. The predicted molar refractivity (Wildman–Crippen MR) is 77.4 cm³/mol. The minimum atomic E-state index is -1.59. The van der Waals surface area contributed by atoms with E-state index in [-0.39, 0.29) is 12.7 Å². The molecule has 0 aliphatic rings. The molecular weight excluding hydrogens is 334 g/mol. The molecule has 0 radical (unpaired) electrons. The van der Waals surface area contributed by atoms with E-state index in [0.717, 1.165) is 0 Å². The molecule has 2 aromatic carbocycles. The molecule has 3 rings (SSSR count). The molecule has 0 aliphatic heterocycles. The maximum Gasteiger partial charge on any atom is 0.203 e. The van der Waals surface area contributed by atoms with Crippen molar-refractivity contribution in [1.82, 2.24) is 4.98 Å². The number of hydrogen-bond acceptors (Lipinski definition) is 2. The van der Waals surface area contributed by atoms with Crippen LogP contribution in [0.3, 0.4) is 0 Å². The van der Waals surface area contributed by atoms with Crippen LogP contribution in [0.15, 0.2) is 36.5 Å². The van der Waals surface area contributed by atoms with Gasteiger partial charge in [0.25, 0.3) is 0 Å². The van der Waals surface area contributed by atoms with Crippen molar-refractivity contribution in [1.29, 1.82) is 0 Å². The number of benzene rings is 2. The summed E-state index contributed by atoms with van der Waals surface area (Å²) in [4.78, 5) is 4.13. The first-order valence-electron chi connectivity index (χ1n) is 6.47. The lowest BCUT2D eigenvalue weighted by molar-refractivity contribution is 0.262. The van der Waals surface area contributed by atoms with E-state index < -0.39 is 29.0 Å². The fraction of sp³-hybridized carbons (Fsp3) is 0.0625. The zero-order valence-electron chi connectivity index (χ0n) is 11.4. The monoisotopic (exact) mass is 341 g/mol. The summed E-state index contributed by atoms with van der Waals surface area (Å²) in [6.45, 7) is -0.332. The van der Waals surface area contributed by atoms with E-state index in [4.69, 9.17) is 16.3 Å². The Bertz CT molecular complexity index is 875. The summed E-state index contributed by atoms with van der Waals surface area (Å²) >= 11 is 6.04. The molecule has 0 N–H and O–H groups in total. The van der Waals surface area contributed by atoms with Gasteiger partial charge in [-0.05, 0) is 18.2 Å². The van der Waals surface area contributed by atoms with Gasteiger partial charge in [0.05, 0.1) is 5.52 Å². The number of fused-ring (bicyclic) bond motifs is 1. The summed E-state index contributed by atoms with van der Waals surface area (Å²) in [6, 6.07) is 6.65. The van der Waals surface area contributed by atoms with Gasteiger partial charge in [-0.1, -0.05) is 17.7 Å². The molecule has 0 atom stereocenters. The molecule has 3 aromatic rings. The van der Waals surface area contributed by atoms with E-state index >= 15 is 0 Å². The van der Waals surface area contributed by atoms with Gasteiger partial charge < -0.3 is 4.74 Å². The highest BCUT2D eigenvalue weighted by molar-refractivity contribution is 6.35. The van der Waals surface area contributed by atoms with Crippen molar-refractivity contribution in [2.45, 2.75) is 6.61 Å². The molecule has 0 saturated heterocycles. The number of aromatic nitrogens is 1. The Kier molecular flexibility index (Phi) is 4.09. The van der Waals surface area contributed by atoms with Crippen molar-refractivity contribution in [3.8, 4) is 5.75 Å². The highest BCUT2D eigenvalue weighted by Gasteiger charge is 2.21. The number of pyridine rings is 1. The molecule has 0 amide bonds. The molecule has 7 heteroatoms. The van der Waals surface area contributed by atoms with Crippen LogP contribution >= 0.6 is 11.6 Å². The molecule has 0 unspecified atom stereocenters. The van der Waals surface area contributed by atoms with Gasteiger partial charge >= 0.3 is 0 Å². The average Bonchev–Trinajstić information content (AvgIpc) is 2.55. The molecule has 0 fully saturated rings. The fourth-order valence-electron chi connectivity index (χ4n) is 2.14. The number of halogens is 5. The van der Waals surface area contributed by atoms with Crippen molar-refractivity contribution < 1.29 is 22.3 Å². The average molecular weight is 342 g/mol.